The molecule has 1 unspecified atom stereocenters. The number of unbranched alkanes of at least 4 members (excludes halogenated alkanes) is 3. The molecule has 0 aliphatic rings. The Labute approximate surface area is 127 Å². The zero-order chi connectivity index (χ0) is 16.5. The van der Waals surface area contributed by atoms with Gasteiger partial charge in [0, 0.05) is 12.1 Å². The standard InChI is InChI=1S/C13H27N2O5P/c1-12(2)13(16)14-10-8-6-7-9-11-19-21(17,18)20-15(3,4)5/h1,6-11H2,2-5H3,(H-,14,16,17,18)/p+1. The normalized spacial score (nSPS) is 14.5. The molecule has 0 saturated carbocycles. The van der Waals surface area contributed by atoms with Gasteiger partial charge in [-0.1, -0.05) is 24.0 Å². The van der Waals surface area contributed by atoms with Crippen LogP contribution in [0.3, 0.4) is 0 Å². The van der Waals surface area contributed by atoms with Crippen LogP contribution in [0.1, 0.15) is 32.6 Å². The van der Waals surface area contributed by atoms with Gasteiger partial charge in [0.2, 0.25) is 5.91 Å². The maximum atomic E-state index is 11.5. The van der Waals surface area contributed by atoms with Crippen LogP contribution in [0.2, 0.25) is 0 Å². The van der Waals surface area contributed by atoms with Gasteiger partial charge in [-0.2, -0.15) is 4.65 Å². The summed E-state index contributed by atoms with van der Waals surface area (Å²) >= 11 is 0. The van der Waals surface area contributed by atoms with Crippen LogP contribution in [0.4, 0.5) is 0 Å². The molecule has 21 heavy (non-hydrogen) atoms. The zero-order valence-corrected chi connectivity index (χ0v) is 14.3. The fourth-order valence-electron chi connectivity index (χ4n) is 1.45. The predicted octanol–water partition coefficient (Wildman–Crippen LogP) is 1.99. The third kappa shape index (κ3) is 12.7. The first kappa shape index (κ1) is 20.3. The first-order valence-electron chi connectivity index (χ1n) is 6.97. The molecule has 0 fully saturated rings. The molecule has 0 aromatic rings. The molecule has 0 radical (unpaired) electrons. The number of phosphoric ester groups is 1. The van der Waals surface area contributed by atoms with E-state index >= 15 is 0 Å². The van der Waals surface area contributed by atoms with Gasteiger partial charge in [-0.3, -0.25) is 14.2 Å². The molecule has 0 rings (SSSR count). The Morgan fingerprint density at radius 3 is 2.33 bits per heavy atom. The van der Waals surface area contributed by atoms with E-state index in [4.69, 9.17) is 9.15 Å². The molecule has 0 heterocycles. The number of phosphoric acid groups is 1. The van der Waals surface area contributed by atoms with Crippen molar-refractivity contribution >= 4 is 13.7 Å². The highest BCUT2D eigenvalue weighted by molar-refractivity contribution is 7.47. The number of hydrogen-bond donors (Lipinski definition) is 2. The molecular formula is C13H28N2O5P+. The fourth-order valence-corrected chi connectivity index (χ4v) is 2.47. The van der Waals surface area contributed by atoms with E-state index < -0.39 is 7.82 Å². The van der Waals surface area contributed by atoms with Crippen molar-refractivity contribution in [3.8, 4) is 0 Å². The quantitative estimate of drug-likeness (QED) is 0.200. The van der Waals surface area contributed by atoms with Gasteiger partial charge in [0.15, 0.2) is 0 Å². The SMILES string of the molecule is C=C(C)C(=O)NCCCCCCOP(=O)(O)O[N+](C)(C)C. The Morgan fingerprint density at radius 2 is 1.81 bits per heavy atom. The summed E-state index contributed by atoms with van der Waals surface area (Å²) in [6, 6.07) is 0. The van der Waals surface area contributed by atoms with E-state index in [1.165, 1.54) is 0 Å². The molecule has 0 aromatic heterocycles. The largest absolute Gasteiger partial charge is 0.518 e. The lowest BCUT2D eigenvalue weighted by atomic mass is 10.2. The maximum absolute atomic E-state index is 11.5. The summed E-state index contributed by atoms with van der Waals surface area (Å²) in [4.78, 5) is 20.6. The average Bonchev–Trinajstić information content (AvgIpc) is 2.28. The van der Waals surface area contributed by atoms with E-state index in [0.29, 0.717) is 18.5 Å². The lowest BCUT2D eigenvalue weighted by Gasteiger charge is -2.22. The highest BCUT2D eigenvalue weighted by atomic mass is 31.2. The Morgan fingerprint density at radius 1 is 1.24 bits per heavy atom. The summed E-state index contributed by atoms with van der Waals surface area (Å²) in [5.41, 5.74) is 0.499. The second-order valence-corrected chi connectivity index (χ2v) is 7.08. The zero-order valence-electron chi connectivity index (χ0n) is 13.4. The minimum atomic E-state index is -3.99. The van der Waals surface area contributed by atoms with Crippen LogP contribution in [-0.2, 0) is 18.5 Å². The summed E-state index contributed by atoms with van der Waals surface area (Å²) in [6.45, 7) is 6.00. The van der Waals surface area contributed by atoms with Crippen molar-refractivity contribution < 1.29 is 28.0 Å². The van der Waals surface area contributed by atoms with Gasteiger partial charge in [0.05, 0.1) is 27.7 Å². The monoisotopic (exact) mass is 323 g/mol. The van der Waals surface area contributed by atoms with Crippen molar-refractivity contribution in [1.29, 1.82) is 0 Å². The van der Waals surface area contributed by atoms with Crippen LogP contribution in [0.5, 0.6) is 0 Å². The molecule has 1 amide bonds. The van der Waals surface area contributed by atoms with Gasteiger partial charge in [-0.25, -0.2) is 4.57 Å². The fraction of sp³-hybridized carbons (Fsp3) is 0.769. The Kier molecular flexibility index (Phi) is 9.01. The van der Waals surface area contributed by atoms with E-state index in [1.54, 1.807) is 28.1 Å². The Bertz CT molecular complexity index is 393. The number of quaternary nitrogens is 1. The van der Waals surface area contributed by atoms with E-state index in [9.17, 15) is 14.3 Å². The third-order valence-corrected chi connectivity index (χ3v) is 3.55. The van der Waals surface area contributed by atoms with Crippen molar-refractivity contribution in [3.05, 3.63) is 12.2 Å². The smallest absolute Gasteiger partial charge is 0.352 e. The van der Waals surface area contributed by atoms with Gasteiger partial charge in [-0.05, 0) is 19.8 Å². The highest BCUT2D eigenvalue weighted by Crippen LogP contribution is 2.45. The van der Waals surface area contributed by atoms with E-state index in [0.717, 1.165) is 19.3 Å². The van der Waals surface area contributed by atoms with E-state index in [1.807, 2.05) is 0 Å². The van der Waals surface area contributed by atoms with Crippen molar-refractivity contribution in [3.63, 3.8) is 0 Å². The lowest BCUT2D eigenvalue weighted by molar-refractivity contribution is -1.04. The molecule has 7 nitrogen and oxygen atoms in total. The van der Waals surface area contributed by atoms with Crippen LogP contribution in [0.15, 0.2) is 12.2 Å². The van der Waals surface area contributed by atoms with Gasteiger partial charge in [0.1, 0.15) is 0 Å². The summed E-state index contributed by atoms with van der Waals surface area (Å²) < 4.78 is 21.2. The Balaban J connectivity index is 3.58. The highest BCUT2D eigenvalue weighted by Gasteiger charge is 2.30. The molecular weight excluding hydrogens is 295 g/mol. The minimum Gasteiger partial charge on any atom is -0.352 e. The summed E-state index contributed by atoms with van der Waals surface area (Å²) in [6.07, 6.45) is 3.28. The molecule has 1 atom stereocenters. The van der Waals surface area contributed by atoms with Gasteiger partial charge in [-0.15, -0.1) is 0 Å². The number of hydroxylamine groups is 3. The third-order valence-electron chi connectivity index (χ3n) is 2.35. The number of carbonyl (C=O) groups excluding carboxylic acids is 1. The average molecular weight is 323 g/mol. The van der Waals surface area contributed by atoms with Crippen molar-refractivity contribution in [2.75, 3.05) is 34.3 Å². The molecule has 0 spiro atoms. The van der Waals surface area contributed by atoms with Crippen LogP contribution < -0.4 is 5.32 Å². The number of nitrogens with one attached hydrogen (secondary N) is 1. The molecule has 0 bridgehead atoms. The number of nitrogens with zero attached hydrogens (tertiary/aromatic N) is 1. The number of amides is 1. The maximum Gasteiger partial charge on any atom is 0.518 e. The summed E-state index contributed by atoms with van der Waals surface area (Å²) in [5.74, 6) is -0.128. The molecule has 0 aromatic carbocycles. The van der Waals surface area contributed by atoms with Crippen molar-refractivity contribution in [2.24, 2.45) is 0 Å². The molecule has 0 aliphatic heterocycles. The van der Waals surface area contributed by atoms with Crippen LogP contribution in [-0.4, -0.2) is 49.7 Å². The van der Waals surface area contributed by atoms with Crippen LogP contribution in [0.25, 0.3) is 0 Å². The number of carbonyl (C=O) groups is 1. The summed E-state index contributed by atoms with van der Waals surface area (Å²) in [7, 11) is 0.897. The number of rotatable bonds is 11. The molecule has 124 valence electrons. The minimum absolute atomic E-state index is 0.101. The van der Waals surface area contributed by atoms with Gasteiger partial charge < -0.3 is 5.32 Å². The molecule has 8 heteroatoms. The summed E-state index contributed by atoms with van der Waals surface area (Å²) in [5, 5.41) is 2.75. The van der Waals surface area contributed by atoms with E-state index in [-0.39, 0.29) is 17.2 Å². The second kappa shape index (κ2) is 9.33. The Hall–Kier alpha value is -0.720. The van der Waals surface area contributed by atoms with Crippen molar-refractivity contribution in [2.45, 2.75) is 32.6 Å². The molecule has 0 saturated heterocycles. The molecule has 0 aliphatic carbocycles. The van der Waals surface area contributed by atoms with Gasteiger partial charge in [0.25, 0.3) is 0 Å². The first-order chi connectivity index (χ1) is 9.53. The predicted molar refractivity (Wildman–Crippen MR) is 81.2 cm³/mol. The van der Waals surface area contributed by atoms with E-state index in [2.05, 4.69) is 11.9 Å². The number of hydrogen-bond acceptors (Lipinski definition) is 4. The second-order valence-electron chi connectivity index (χ2n) is 5.72. The van der Waals surface area contributed by atoms with Gasteiger partial charge >= 0.3 is 7.82 Å². The van der Waals surface area contributed by atoms with Crippen LogP contribution in [0, 0.1) is 0 Å². The topological polar surface area (TPSA) is 84.9 Å². The first-order valence-corrected chi connectivity index (χ1v) is 8.47. The van der Waals surface area contributed by atoms with Crippen LogP contribution >= 0.6 is 7.82 Å². The molecule has 2 N–H and O–H groups in total. The van der Waals surface area contributed by atoms with Crippen molar-refractivity contribution in [1.82, 2.24) is 5.32 Å². The lowest BCUT2D eigenvalue weighted by Crippen LogP contribution is -2.33.